The van der Waals surface area contributed by atoms with E-state index in [1.165, 1.54) is 6.20 Å². The maximum Gasteiger partial charge on any atom is 0.328 e. The predicted octanol–water partition coefficient (Wildman–Crippen LogP) is 0.970. The molecule has 0 unspecified atom stereocenters. The first kappa shape index (κ1) is 16.8. The number of rotatable bonds is 5. The Hall–Kier alpha value is -4.08. The van der Waals surface area contributed by atoms with Crippen LogP contribution < -0.4 is 5.32 Å². The van der Waals surface area contributed by atoms with Crippen molar-refractivity contribution in [3.05, 3.63) is 54.9 Å². The van der Waals surface area contributed by atoms with Crippen molar-refractivity contribution in [2.75, 3.05) is 5.32 Å². The maximum atomic E-state index is 11.5. The summed E-state index contributed by atoms with van der Waals surface area (Å²) in [5.74, 6) is -1.28. The second kappa shape index (κ2) is 7.66. The molecule has 0 fully saturated rings. The lowest BCUT2D eigenvalue weighted by atomic mass is 10.3. The first-order valence-electron chi connectivity index (χ1n) is 7.29. The molecule has 1 amide bonds. The van der Waals surface area contributed by atoms with Crippen molar-refractivity contribution in [1.82, 2.24) is 30.4 Å². The molecule has 0 aliphatic carbocycles. The van der Waals surface area contributed by atoms with Gasteiger partial charge < -0.3 is 10.4 Å². The van der Waals surface area contributed by atoms with Gasteiger partial charge in [-0.2, -0.15) is 0 Å². The minimum absolute atomic E-state index is 0.216. The van der Waals surface area contributed by atoms with E-state index in [1.807, 2.05) is 0 Å². The van der Waals surface area contributed by atoms with Gasteiger partial charge in [-0.05, 0) is 24.3 Å². The van der Waals surface area contributed by atoms with Crippen molar-refractivity contribution in [2.45, 2.75) is 0 Å². The number of aromatic nitrogens is 6. The second-order valence-corrected chi connectivity index (χ2v) is 4.86. The Kier molecular flexibility index (Phi) is 4.94. The summed E-state index contributed by atoms with van der Waals surface area (Å²) in [4.78, 5) is 30.1. The van der Waals surface area contributed by atoms with Gasteiger partial charge in [0, 0.05) is 18.3 Å². The number of hydrogen-bond donors (Lipinski definition) is 2. The molecule has 0 aliphatic rings. The number of carboxylic acids is 1. The highest BCUT2D eigenvalue weighted by molar-refractivity contribution is 6.02. The molecule has 10 heteroatoms. The van der Waals surface area contributed by atoms with Crippen molar-refractivity contribution in [3.8, 4) is 23.0 Å². The first-order chi connectivity index (χ1) is 12.6. The summed E-state index contributed by atoms with van der Waals surface area (Å²) < 4.78 is 0. The third-order valence-corrected chi connectivity index (χ3v) is 3.01. The Morgan fingerprint density at radius 3 is 2.12 bits per heavy atom. The third kappa shape index (κ3) is 4.26. The number of nitrogens with one attached hydrogen (secondary N) is 1. The molecule has 3 rings (SSSR count). The van der Waals surface area contributed by atoms with Gasteiger partial charge in [0.2, 0.25) is 17.6 Å². The standard InChI is InChI=1S/C16H11N7O3/c24-13(6-7-14(25)26)19-10-4-5-12(18-9-10)16-22-20-15(21-23-16)11-3-1-2-8-17-11/h1-9H,(H,19,24)(H,25,26). The molecule has 0 saturated carbocycles. The molecule has 10 nitrogen and oxygen atoms in total. The molecule has 3 aromatic heterocycles. The smallest absolute Gasteiger partial charge is 0.328 e. The number of carbonyl (C=O) groups excluding carboxylic acids is 1. The second-order valence-electron chi connectivity index (χ2n) is 4.86. The minimum atomic E-state index is -1.21. The molecule has 0 spiro atoms. The minimum Gasteiger partial charge on any atom is -0.478 e. The zero-order valence-electron chi connectivity index (χ0n) is 13.1. The molecule has 0 aromatic carbocycles. The van der Waals surface area contributed by atoms with Gasteiger partial charge in [-0.3, -0.25) is 14.8 Å². The molecule has 128 valence electrons. The Labute approximate surface area is 146 Å². The van der Waals surface area contributed by atoms with Gasteiger partial charge in [0.05, 0.1) is 11.9 Å². The van der Waals surface area contributed by atoms with Gasteiger partial charge in [0.15, 0.2) is 0 Å². The molecule has 3 aromatic rings. The highest BCUT2D eigenvalue weighted by Crippen LogP contribution is 2.15. The van der Waals surface area contributed by atoms with Crippen LogP contribution in [-0.4, -0.2) is 47.3 Å². The Balaban J connectivity index is 1.70. The van der Waals surface area contributed by atoms with E-state index in [9.17, 15) is 9.59 Å². The van der Waals surface area contributed by atoms with Crippen LogP contribution in [0.2, 0.25) is 0 Å². The van der Waals surface area contributed by atoms with E-state index in [2.05, 4.69) is 35.7 Å². The Morgan fingerprint density at radius 1 is 0.885 bits per heavy atom. The molecule has 0 radical (unpaired) electrons. The first-order valence-corrected chi connectivity index (χ1v) is 7.29. The van der Waals surface area contributed by atoms with Gasteiger partial charge in [-0.1, -0.05) is 6.07 Å². The van der Waals surface area contributed by atoms with E-state index in [1.54, 1.807) is 36.5 Å². The molecule has 0 atom stereocenters. The summed E-state index contributed by atoms with van der Waals surface area (Å²) in [6.45, 7) is 0. The molecule has 3 heterocycles. The summed E-state index contributed by atoms with van der Waals surface area (Å²) in [7, 11) is 0. The molecular formula is C16H11N7O3. The molecule has 0 bridgehead atoms. The van der Waals surface area contributed by atoms with Crippen LogP contribution in [0.5, 0.6) is 0 Å². The monoisotopic (exact) mass is 349 g/mol. The van der Waals surface area contributed by atoms with Crippen molar-refractivity contribution < 1.29 is 14.7 Å². The van der Waals surface area contributed by atoms with E-state index >= 15 is 0 Å². The molecule has 2 N–H and O–H groups in total. The van der Waals surface area contributed by atoms with Crippen LogP contribution in [-0.2, 0) is 9.59 Å². The third-order valence-electron chi connectivity index (χ3n) is 3.01. The van der Waals surface area contributed by atoms with Crippen molar-refractivity contribution in [1.29, 1.82) is 0 Å². The van der Waals surface area contributed by atoms with E-state index < -0.39 is 11.9 Å². The van der Waals surface area contributed by atoms with E-state index in [0.717, 1.165) is 12.2 Å². The SMILES string of the molecule is O=C(O)C=CC(=O)Nc1ccc(-c2nnc(-c3ccccn3)nn2)nc1. The van der Waals surface area contributed by atoms with Crippen LogP contribution in [0.3, 0.4) is 0 Å². The fraction of sp³-hybridized carbons (Fsp3) is 0. The largest absolute Gasteiger partial charge is 0.478 e. The molecule has 0 aliphatic heterocycles. The van der Waals surface area contributed by atoms with Crippen molar-refractivity contribution in [3.63, 3.8) is 0 Å². The van der Waals surface area contributed by atoms with Gasteiger partial charge in [0.1, 0.15) is 11.4 Å². The molecular weight excluding hydrogens is 338 g/mol. The lowest BCUT2D eigenvalue weighted by Crippen LogP contribution is -2.09. The van der Waals surface area contributed by atoms with Crippen molar-refractivity contribution in [2.24, 2.45) is 0 Å². The van der Waals surface area contributed by atoms with Crippen molar-refractivity contribution >= 4 is 17.6 Å². The van der Waals surface area contributed by atoms with Crippen LogP contribution in [0.25, 0.3) is 23.0 Å². The van der Waals surface area contributed by atoms with E-state index in [0.29, 0.717) is 22.9 Å². The number of hydrogen-bond acceptors (Lipinski definition) is 8. The summed E-state index contributed by atoms with van der Waals surface area (Å²) in [5.41, 5.74) is 1.36. The number of carboxylic acid groups (broad SMARTS) is 1. The van der Waals surface area contributed by atoms with Crippen LogP contribution in [0.4, 0.5) is 5.69 Å². The van der Waals surface area contributed by atoms with Crippen LogP contribution in [0.1, 0.15) is 0 Å². The zero-order valence-corrected chi connectivity index (χ0v) is 13.1. The van der Waals surface area contributed by atoms with Gasteiger partial charge in [-0.25, -0.2) is 4.79 Å². The fourth-order valence-corrected chi connectivity index (χ4v) is 1.86. The normalized spacial score (nSPS) is 10.6. The number of anilines is 1. The number of aliphatic carboxylic acids is 1. The molecule has 26 heavy (non-hydrogen) atoms. The quantitative estimate of drug-likeness (QED) is 0.644. The predicted molar refractivity (Wildman–Crippen MR) is 89.5 cm³/mol. The highest BCUT2D eigenvalue weighted by atomic mass is 16.4. The van der Waals surface area contributed by atoms with E-state index in [4.69, 9.17) is 5.11 Å². The summed E-state index contributed by atoms with van der Waals surface area (Å²) in [6.07, 6.45) is 4.65. The molecule has 0 saturated heterocycles. The fourth-order valence-electron chi connectivity index (χ4n) is 1.86. The lowest BCUT2D eigenvalue weighted by Gasteiger charge is -2.03. The van der Waals surface area contributed by atoms with E-state index in [-0.39, 0.29) is 5.82 Å². The number of carbonyl (C=O) groups is 2. The lowest BCUT2D eigenvalue weighted by molar-refractivity contribution is -0.131. The number of amides is 1. The summed E-state index contributed by atoms with van der Waals surface area (Å²) >= 11 is 0. The highest BCUT2D eigenvalue weighted by Gasteiger charge is 2.08. The van der Waals surface area contributed by atoms with Gasteiger partial charge in [0.25, 0.3) is 0 Å². The zero-order chi connectivity index (χ0) is 18.4. The van der Waals surface area contributed by atoms with Crippen LogP contribution in [0, 0.1) is 0 Å². The van der Waals surface area contributed by atoms with Crippen LogP contribution in [0.15, 0.2) is 54.9 Å². The Morgan fingerprint density at radius 2 is 1.58 bits per heavy atom. The average molecular weight is 349 g/mol. The summed E-state index contributed by atoms with van der Waals surface area (Å²) in [6, 6.07) is 8.48. The number of pyridine rings is 2. The van der Waals surface area contributed by atoms with Gasteiger partial charge >= 0.3 is 5.97 Å². The Bertz CT molecular complexity index is 942. The maximum absolute atomic E-state index is 11.5. The van der Waals surface area contributed by atoms with Gasteiger partial charge in [-0.15, -0.1) is 20.4 Å². The topological polar surface area (TPSA) is 144 Å². The average Bonchev–Trinajstić information content (AvgIpc) is 2.68. The number of nitrogens with zero attached hydrogens (tertiary/aromatic N) is 6. The summed E-state index contributed by atoms with van der Waals surface area (Å²) in [5, 5.41) is 26.9. The van der Waals surface area contributed by atoms with Crippen LogP contribution >= 0.6 is 0 Å².